The van der Waals surface area contributed by atoms with Crippen LogP contribution in [0.25, 0.3) is 0 Å². The number of benzene rings is 2. The molecular formula is C38H55N6O10P. The second-order valence-corrected chi connectivity index (χ2v) is 14.9. The Morgan fingerprint density at radius 3 is 1.75 bits per heavy atom. The Morgan fingerprint density at radius 2 is 1.20 bits per heavy atom. The van der Waals surface area contributed by atoms with Crippen molar-refractivity contribution in [3.63, 3.8) is 0 Å². The van der Waals surface area contributed by atoms with E-state index in [1.54, 1.807) is 68.4 Å². The van der Waals surface area contributed by atoms with Gasteiger partial charge < -0.3 is 46.5 Å². The predicted octanol–water partition coefficient (Wildman–Crippen LogP) is 3.34. The molecule has 0 aliphatic rings. The maximum atomic E-state index is 14.0. The normalized spacial score (nSPS) is 13.6. The van der Waals surface area contributed by atoms with Gasteiger partial charge in [0.1, 0.15) is 24.7 Å². The van der Waals surface area contributed by atoms with E-state index in [1.165, 1.54) is 11.9 Å². The molecule has 0 unspecified atom stereocenters. The fourth-order valence-corrected chi connectivity index (χ4v) is 6.64. The van der Waals surface area contributed by atoms with E-state index >= 15 is 0 Å². The zero-order chi connectivity index (χ0) is 40.8. The van der Waals surface area contributed by atoms with Crippen molar-refractivity contribution < 1.29 is 47.1 Å². The summed E-state index contributed by atoms with van der Waals surface area (Å²) in [5.74, 6) is -2.45. The largest absolute Gasteiger partial charge is 0.445 e. The highest BCUT2D eigenvalue weighted by atomic mass is 31.2. The summed E-state index contributed by atoms with van der Waals surface area (Å²) >= 11 is 0. The number of carbonyl (C=O) groups excluding carboxylic acids is 6. The van der Waals surface area contributed by atoms with Gasteiger partial charge >= 0.3 is 13.7 Å². The number of hydrogen-bond acceptors (Lipinski definition) is 10. The molecule has 2 rings (SSSR count). The molecule has 0 bridgehead atoms. The Labute approximate surface area is 322 Å². The third-order valence-corrected chi connectivity index (χ3v) is 9.68. The molecule has 302 valence electrons. The minimum absolute atomic E-state index is 0.00295. The van der Waals surface area contributed by atoms with Crippen LogP contribution in [0.1, 0.15) is 70.9 Å². The second-order valence-electron chi connectivity index (χ2n) is 13.0. The molecule has 2 aromatic carbocycles. The van der Waals surface area contributed by atoms with E-state index in [-0.39, 0.29) is 64.3 Å². The van der Waals surface area contributed by atoms with E-state index in [0.29, 0.717) is 5.56 Å². The lowest BCUT2D eigenvalue weighted by Gasteiger charge is -2.26. The van der Waals surface area contributed by atoms with Crippen molar-refractivity contribution in [2.75, 3.05) is 13.2 Å². The summed E-state index contributed by atoms with van der Waals surface area (Å²) in [6, 6.07) is 13.2. The maximum absolute atomic E-state index is 14.0. The van der Waals surface area contributed by atoms with Gasteiger partial charge in [-0.25, -0.2) is 4.79 Å². The van der Waals surface area contributed by atoms with Crippen LogP contribution in [0.15, 0.2) is 72.6 Å². The van der Waals surface area contributed by atoms with Crippen molar-refractivity contribution in [1.29, 1.82) is 0 Å². The highest BCUT2D eigenvalue weighted by Crippen LogP contribution is 2.49. The van der Waals surface area contributed by atoms with Crippen molar-refractivity contribution >= 4 is 43.2 Å². The van der Waals surface area contributed by atoms with Gasteiger partial charge in [0.05, 0.1) is 13.2 Å². The van der Waals surface area contributed by atoms with Gasteiger partial charge in [0.2, 0.25) is 29.5 Å². The quantitative estimate of drug-likeness (QED) is 0.0802. The lowest BCUT2D eigenvalue weighted by Crippen LogP contribution is -2.58. The number of amides is 6. The minimum Gasteiger partial charge on any atom is -0.445 e. The van der Waals surface area contributed by atoms with Gasteiger partial charge in [-0.15, -0.1) is 0 Å². The molecule has 0 spiro atoms. The van der Waals surface area contributed by atoms with Crippen LogP contribution in [0.3, 0.4) is 0 Å². The van der Waals surface area contributed by atoms with Crippen molar-refractivity contribution in [2.45, 2.75) is 97.0 Å². The first-order valence-corrected chi connectivity index (χ1v) is 19.8. The molecule has 0 saturated heterocycles. The Hall–Kier alpha value is -5.05. The lowest BCUT2D eigenvalue weighted by atomic mass is 10.0. The van der Waals surface area contributed by atoms with E-state index in [9.17, 15) is 33.3 Å². The Bertz CT molecular complexity index is 1620. The first-order chi connectivity index (χ1) is 26.1. The molecule has 0 aliphatic carbocycles. The van der Waals surface area contributed by atoms with Gasteiger partial charge in [0.25, 0.3) is 0 Å². The van der Waals surface area contributed by atoms with Crippen LogP contribution in [0.5, 0.6) is 0 Å². The molecule has 16 nitrogen and oxygen atoms in total. The van der Waals surface area contributed by atoms with Gasteiger partial charge in [-0.1, -0.05) is 80.6 Å². The molecule has 17 heteroatoms. The third-order valence-electron chi connectivity index (χ3n) is 7.90. The van der Waals surface area contributed by atoms with Crippen molar-refractivity contribution in [2.24, 2.45) is 17.4 Å². The molecule has 6 amide bonds. The van der Waals surface area contributed by atoms with Gasteiger partial charge in [-0.3, -0.25) is 28.5 Å². The van der Waals surface area contributed by atoms with E-state index in [1.807, 2.05) is 19.9 Å². The molecular weight excluding hydrogens is 731 g/mol. The number of hydrogen-bond donors (Lipinski definition) is 6. The molecule has 0 radical (unpaired) electrons. The molecule has 0 fully saturated rings. The summed E-state index contributed by atoms with van der Waals surface area (Å²) in [6.45, 7) is 7.13. The molecule has 8 N–H and O–H groups in total. The Morgan fingerprint density at radius 1 is 0.691 bits per heavy atom. The molecule has 4 atom stereocenters. The zero-order valence-electron chi connectivity index (χ0n) is 31.9. The van der Waals surface area contributed by atoms with Gasteiger partial charge in [-0.05, 0) is 50.2 Å². The third kappa shape index (κ3) is 18.7. The lowest BCUT2D eigenvalue weighted by molar-refractivity contribution is -0.133. The Kier molecular flexibility index (Phi) is 20.4. The highest BCUT2D eigenvalue weighted by Gasteiger charge is 2.31. The number of nitrogens with two attached hydrogens (primary N) is 2. The zero-order valence-corrected chi connectivity index (χ0v) is 32.8. The van der Waals surface area contributed by atoms with E-state index in [0.717, 1.165) is 5.56 Å². The van der Waals surface area contributed by atoms with E-state index in [4.69, 9.17) is 25.3 Å². The number of rotatable bonds is 25. The predicted molar refractivity (Wildman–Crippen MR) is 206 cm³/mol. The van der Waals surface area contributed by atoms with Gasteiger partial charge in [-0.2, -0.15) is 0 Å². The van der Waals surface area contributed by atoms with Crippen LogP contribution in [0.2, 0.25) is 0 Å². The van der Waals surface area contributed by atoms with Crippen LogP contribution in [-0.4, -0.2) is 73.0 Å². The van der Waals surface area contributed by atoms with Crippen LogP contribution < -0.4 is 32.7 Å². The number of alkyl carbamates (subject to hydrolysis) is 1. The van der Waals surface area contributed by atoms with Gasteiger partial charge in [0, 0.05) is 31.1 Å². The molecule has 0 aromatic heterocycles. The topological polar surface area (TPSA) is 247 Å². The smallest absolute Gasteiger partial charge is 0.408 e. The summed E-state index contributed by atoms with van der Waals surface area (Å²) in [5, 5.41) is 10.7. The van der Waals surface area contributed by atoms with Crippen molar-refractivity contribution in [3.8, 4) is 0 Å². The van der Waals surface area contributed by atoms with Crippen molar-refractivity contribution in [1.82, 2.24) is 21.3 Å². The summed E-state index contributed by atoms with van der Waals surface area (Å²) < 4.78 is 29.0. The molecule has 2 aromatic rings. The fraction of sp³-hybridized carbons (Fsp3) is 0.474. The van der Waals surface area contributed by atoms with E-state index in [2.05, 4.69) is 21.3 Å². The number of nitrogens with one attached hydrogen (secondary N) is 4. The standard InChI is InChI=1S/C38H55N6O10P/c1-5-53-55(51,54-6-2)22-21-29(17-19-33(39)45)41-35(47)30(18-20-34(40)46)42-37(49)32(24-27-13-9-7-10-14-27)43-36(48)31(23-26(3)4)44-38(50)52-25-28-15-11-8-12-16-28/h7-16,21-22,26,29-32H,5-6,17-20,23-25H2,1-4H3,(H2,39,45)(H2,40,46)(H,41,47)(H,42,49)(H,43,48)(H,44,50)/b22-21+/t29-,30-,31-,32-/m0/s1. The number of primary amides is 2. The number of carbonyl (C=O) groups is 6. The molecule has 0 saturated carbocycles. The molecule has 0 heterocycles. The van der Waals surface area contributed by atoms with Crippen LogP contribution >= 0.6 is 7.60 Å². The molecule has 0 aliphatic heterocycles. The number of ether oxygens (including phenoxy) is 1. The van der Waals surface area contributed by atoms with E-state index < -0.39 is 67.4 Å². The van der Waals surface area contributed by atoms with Crippen LogP contribution in [0, 0.1) is 5.92 Å². The summed E-state index contributed by atoms with van der Waals surface area (Å²) in [4.78, 5) is 77.7. The average molecular weight is 787 g/mol. The first-order valence-electron chi connectivity index (χ1n) is 18.2. The highest BCUT2D eigenvalue weighted by molar-refractivity contribution is 7.57. The minimum atomic E-state index is -3.69. The fourth-order valence-electron chi connectivity index (χ4n) is 5.26. The summed E-state index contributed by atoms with van der Waals surface area (Å²) in [6.07, 6.45) is 0.0895. The SMILES string of the molecule is CCOP(=O)(/C=C/[C@H](CCC(N)=O)NC(=O)[C@H](CCC(N)=O)NC(=O)[C@H](Cc1ccccc1)NC(=O)[C@H](CC(C)C)NC(=O)OCc1ccccc1)OCC. The monoisotopic (exact) mass is 786 g/mol. The van der Waals surface area contributed by atoms with Gasteiger partial charge in [0.15, 0.2) is 0 Å². The Balaban J connectivity index is 2.35. The average Bonchev–Trinajstić information content (AvgIpc) is 3.13. The second kappa shape index (κ2) is 24.4. The van der Waals surface area contributed by atoms with Crippen LogP contribution in [-0.2, 0) is 55.3 Å². The molecule has 55 heavy (non-hydrogen) atoms. The first kappa shape index (κ1) is 46.1. The summed E-state index contributed by atoms with van der Waals surface area (Å²) in [7, 11) is -3.69. The summed E-state index contributed by atoms with van der Waals surface area (Å²) in [5.41, 5.74) is 12.2. The van der Waals surface area contributed by atoms with Crippen LogP contribution in [0.4, 0.5) is 4.79 Å². The van der Waals surface area contributed by atoms with Crippen molar-refractivity contribution in [3.05, 3.63) is 83.7 Å². The maximum Gasteiger partial charge on any atom is 0.408 e.